The van der Waals surface area contributed by atoms with E-state index in [-0.39, 0.29) is 5.91 Å². The number of carbonyl (C=O) groups excluding carboxylic acids is 1. The van der Waals surface area contributed by atoms with Gasteiger partial charge in [0, 0.05) is 12.2 Å². The van der Waals surface area contributed by atoms with Crippen LogP contribution in [0.3, 0.4) is 0 Å². The van der Waals surface area contributed by atoms with Crippen LogP contribution >= 0.6 is 0 Å². The number of carbonyl (C=O) groups is 1. The quantitative estimate of drug-likeness (QED) is 0.796. The number of hydrogen-bond acceptors (Lipinski definition) is 3. The summed E-state index contributed by atoms with van der Waals surface area (Å²) in [6.07, 6.45) is 7.40. The number of amides is 1. The number of rotatable bonds is 2. The monoisotopic (exact) mass is 219 g/mol. The molecule has 0 atom stereocenters. The number of nitrogen functional groups attached to an aromatic ring is 1. The molecule has 1 amide bonds. The molecular weight excluding hydrogens is 202 g/mol. The lowest BCUT2D eigenvalue weighted by atomic mass is 9.95. The number of hydrogen-bond donors (Lipinski definition) is 2. The second kappa shape index (κ2) is 4.96. The van der Waals surface area contributed by atoms with Crippen molar-refractivity contribution < 1.29 is 4.79 Å². The molecule has 1 saturated carbocycles. The van der Waals surface area contributed by atoms with Crippen LogP contribution in [-0.4, -0.2) is 16.9 Å². The van der Waals surface area contributed by atoms with E-state index in [2.05, 4.69) is 10.3 Å². The summed E-state index contributed by atoms with van der Waals surface area (Å²) in [7, 11) is 0. The minimum Gasteiger partial charge on any atom is -0.397 e. The summed E-state index contributed by atoms with van der Waals surface area (Å²) in [5.41, 5.74) is 6.48. The molecule has 0 aromatic carbocycles. The Bertz CT molecular complexity index is 372. The highest BCUT2D eigenvalue weighted by atomic mass is 16.1. The van der Waals surface area contributed by atoms with Gasteiger partial charge in [0.1, 0.15) is 0 Å². The Kier molecular flexibility index (Phi) is 3.39. The van der Waals surface area contributed by atoms with Gasteiger partial charge in [0.2, 0.25) is 0 Å². The highest BCUT2D eigenvalue weighted by Gasteiger charge is 2.18. The van der Waals surface area contributed by atoms with Crippen LogP contribution in [-0.2, 0) is 0 Å². The molecule has 1 heterocycles. The molecule has 86 valence electrons. The van der Waals surface area contributed by atoms with Gasteiger partial charge in [-0.1, -0.05) is 19.3 Å². The van der Waals surface area contributed by atoms with Crippen molar-refractivity contribution in [1.82, 2.24) is 10.3 Å². The third kappa shape index (κ3) is 2.51. The molecule has 0 bridgehead atoms. The predicted octanol–water partition coefficient (Wildman–Crippen LogP) is 1.73. The number of pyridine rings is 1. The first-order valence-corrected chi connectivity index (χ1v) is 5.79. The second-order valence-electron chi connectivity index (χ2n) is 4.25. The summed E-state index contributed by atoms with van der Waals surface area (Å²) in [6.45, 7) is 0. The Morgan fingerprint density at radius 2 is 2.12 bits per heavy atom. The highest BCUT2D eigenvalue weighted by Crippen LogP contribution is 2.18. The molecule has 0 spiro atoms. The van der Waals surface area contributed by atoms with E-state index in [1.165, 1.54) is 19.3 Å². The summed E-state index contributed by atoms with van der Waals surface area (Å²) in [5.74, 6) is -0.148. The van der Waals surface area contributed by atoms with Crippen LogP contribution < -0.4 is 11.1 Å². The van der Waals surface area contributed by atoms with Gasteiger partial charge in [0.25, 0.3) is 5.91 Å². The Morgan fingerprint density at radius 1 is 1.38 bits per heavy atom. The molecule has 4 nitrogen and oxygen atoms in total. The van der Waals surface area contributed by atoms with Gasteiger partial charge >= 0.3 is 0 Å². The number of nitrogens with zero attached hydrogens (tertiary/aromatic N) is 1. The maximum Gasteiger partial charge on any atom is 0.272 e. The zero-order chi connectivity index (χ0) is 11.4. The molecule has 0 radical (unpaired) electrons. The third-order valence-electron chi connectivity index (χ3n) is 2.99. The van der Waals surface area contributed by atoms with Gasteiger partial charge < -0.3 is 11.1 Å². The molecule has 1 aliphatic rings. The van der Waals surface area contributed by atoms with Crippen molar-refractivity contribution in [3.05, 3.63) is 24.0 Å². The van der Waals surface area contributed by atoms with Gasteiger partial charge in [-0.25, -0.2) is 4.98 Å². The first-order valence-electron chi connectivity index (χ1n) is 5.79. The fraction of sp³-hybridized carbons (Fsp3) is 0.500. The Hall–Kier alpha value is -1.58. The highest BCUT2D eigenvalue weighted by molar-refractivity contribution is 5.97. The molecule has 16 heavy (non-hydrogen) atoms. The van der Waals surface area contributed by atoms with Gasteiger partial charge in [0.15, 0.2) is 5.69 Å². The van der Waals surface area contributed by atoms with Crippen LogP contribution in [0, 0.1) is 0 Å². The fourth-order valence-corrected chi connectivity index (χ4v) is 2.11. The standard InChI is InChI=1S/C12H17N3O/c13-10-7-4-8-14-11(10)12(16)15-9-5-2-1-3-6-9/h4,7-9H,1-3,5-6,13H2,(H,15,16). The lowest BCUT2D eigenvalue weighted by Gasteiger charge is -2.22. The Balaban J connectivity index is 2.00. The molecule has 0 saturated heterocycles. The van der Waals surface area contributed by atoms with Crippen molar-refractivity contribution in [2.45, 2.75) is 38.1 Å². The van der Waals surface area contributed by atoms with Crippen LogP contribution in [0.2, 0.25) is 0 Å². The van der Waals surface area contributed by atoms with Crippen molar-refractivity contribution >= 4 is 11.6 Å². The van der Waals surface area contributed by atoms with Crippen molar-refractivity contribution in [3.63, 3.8) is 0 Å². The summed E-state index contributed by atoms with van der Waals surface area (Å²) in [6, 6.07) is 3.72. The first-order chi connectivity index (χ1) is 7.77. The zero-order valence-electron chi connectivity index (χ0n) is 9.28. The van der Waals surface area contributed by atoms with Crippen molar-refractivity contribution in [1.29, 1.82) is 0 Å². The third-order valence-corrected chi connectivity index (χ3v) is 2.99. The average molecular weight is 219 g/mol. The van der Waals surface area contributed by atoms with Crippen molar-refractivity contribution in [2.24, 2.45) is 0 Å². The van der Waals surface area contributed by atoms with Crippen LogP contribution in [0.25, 0.3) is 0 Å². The van der Waals surface area contributed by atoms with E-state index in [1.807, 2.05) is 0 Å². The van der Waals surface area contributed by atoms with Crippen LogP contribution in [0.4, 0.5) is 5.69 Å². The molecule has 1 aromatic rings. The van der Waals surface area contributed by atoms with E-state index in [0.29, 0.717) is 17.4 Å². The minimum atomic E-state index is -0.148. The maximum atomic E-state index is 11.9. The number of anilines is 1. The average Bonchev–Trinajstić information content (AvgIpc) is 2.31. The van der Waals surface area contributed by atoms with Crippen molar-refractivity contribution in [3.8, 4) is 0 Å². The molecule has 2 rings (SSSR count). The predicted molar refractivity (Wildman–Crippen MR) is 63.0 cm³/mol. The summed E-state index contributed by atoms with van der Waals surface area (Å²) < 4.78 is 0. The number of aromatic nitrogens is 1. The summed E-state index contributed by atoms with van der Waals surface area (Å²) in [5, 5.41) is 2.99. The topological polar surface area (TPSA) is 68.0 Å². The SMILES string of the molecule is Nc1cccnc1C(=O)NC1CCCCC1. The molecule has 1 fully saturated rings. The normalized spacial score (nSPS) is 17.0. The molecule has 0 unspecified atom stereocenters. The molecular formula is C12H17N3O. The largest absolute Gasteiger partial charge is 0.397 e. The lowest BCUT2D eigenvalue weighted by Crippen LogP contribution is -2.36. The van der Waals surface area contributed by atoms with E-state index >= 15 is 0 Å². The van der Waals surface area contributed by atoms with E-state index < -0.39 is 0 Å². The van der Waals surface area contributed by atoms with E-state index in [0.717, 1.165) is 12.8 Å². The molecule has 0 aliphatic heterocycles. The maximum absolute atomic E-state index is 11.9. The van der Waals surface area contributed by atoms with E-state index in [4.69, 9.17) is 5.73 Å². The smallest absolute Gasteiger partial charge is 0.272 e. The molecule has 4 heteroatoms. The van der Waals surface area contributed by atoms with E-state index in [1.54, 1.807) is 18.3 Å². The van der Waals surface area contributed by atoms with Gasteiger partial charge in [-0.05, 0) is 25.0 Å². The van der Waals surface area contributed by atoms with Gasteiger partial charge in [-0.15, -0.1) is 0 Å². The van der Waals surface area contributed by atoms with E-state index in [9.17, 15) is 4.79 Å². The van der Waals surface area contributed by atoms with Gasteiger partial charge in [0.05, 0.1) is 5.69 Å². The van der Waals surface area contributed by atoms with Crippen LogP contribution in [0.1, 0.15) is 42.6 Å². The Morgan fingerprint density at radius 3 is 2.81 bits per heavy atom. The second-order valence-corrected chi connectivity index (χ2v) is 4.25. The zero-order valence-corrected chi connectivity index (χ0v) is 9.28. The lowest BCUT2D eigenvalue weighted by molar-refractivity contribution is 0.0923. The molecule has 1 aromatic heterocycles. The fourth-order valence-electron chi connectivity index (χ4n) is 2.11. The summed E-state index contributed by atoms with van der Waals surface area (Å²) in [4.78, 5) is 15.9. The molecule has 3 N–H and O–H groups in total. The Labute approximate surface area is 95.3 Å². The van der Waals surface area contributed by atoms with Crippen molar-refractivity contribution in [2.75, 3.05) is 5.73 Å². The molecule has 1 aliphatic carbocycles. The van der Waals surface area contributed by atoms with Gasteiger partial charge in [-0.3, -0.25) is 4.79 Å². The number of nitrogens with one attached hydrogen (secondary N) is 1. The number of nitrogens with two attached hydrogens (primary N) is 1. The van der Waals surface area contributed by atoms with Crippen LogP contribution in [0.15, 0.2) is 18.3 Å². The minimum absolute atomic E-state index is 0.148. The van der Waals surface area contributed by atoms with Gasteiger partial charge in [-0.2, -0.15) is 0 Å². The summed E-state index contributed by atoms with van der Waals surface area (Å²) >= 11 is 0. The first kappa shape index (κ1) is 10.9. The van der Waals surface area contributed by atoms with Crippen LogP contribution in [0.5, 0.6) is 0 Å².